The van der Waals surface area contributed by atoms with Crippen LogP contribution in [0.1, 0.15) is 23.0 Å². The number of amides is 1. The number of primary sulfonamides is 1. The quantitative estimate of drug-likeness (QED) is 0.532. The van der Waals surface area contributed by atoms with Crippen LogP contribution in [0, 0.1) is 0 Å². The van der Waals surface area contributed by atoms with Crippen LogP contribution in [0.15, 0.2) is 57.8 Å². The lowest BCUT2D eigenvalue weighted by Crippen LogP contribution is -2.36. The molecule has 8 nitrogen and oxygen atoms in total. The molecule has 0 saturated carbocycles. The number of hydrogen-bond donors (Lipinski definition) is 2. The number of furan rings is 1. The van der Waals surface area contributed by atoms with E-state index < -0.39 is 28.0 Å². The van der Waals surface area contributed by atoms with Gasteiger partial charge in [-0.3, -0.25) is 4.79 Å². The minimum atomic E-state index is -3.74. The van der Waals surface area contributed by atoms with E-state index in [1.807, 2.05) is 0 Å². The molecule has 10 heteroatoms. The summed E-state index contributed by atoms with van der Waals surface area (Å²) in [4.78, 5) is 24.4. The number of nitrogens with two attached hydrogens (primary N) is 1. The summed E-state index contributed by atoms with van der Waals surface area (Å²) in [6.07, 6.45) is -0.569. The van der Waals surface area contributed by atoms with E-state index in [0.717, 1.165) is 5.56 Å². The number of sulfonamides is 1. The van der Waals surface area contributed by atoms with Crippen LogP contribution < -0.4 is 10.5 Å². The average molecular weight is 451 g/mol. The first-order valence-electron chi connectivity index (χ1n) is 8.93. The van der Waals surface area contributed by atoms with Gasteiger partial charge in [0, 0.05) is 17.0 Å². The summed E-state index contributed by atoms with van der Waals surface area (Å²) < 4.78 is 33.1. The van der Waals surface area contributed by atoms with Crippen molar-refractivity contribution in [2.75, 3.05) is 6.54 Å². The third kappa shape index (κ3) is 5.38. The first-order valence-corrected chi connectivity index (χ1v) is 10.9. The minimum Gasteiger partial charge on any atom is -0.449 e. The number of fused-ring (bicyclic) bond motifs is 1. The lowest BCUT2D eigenvalue weighted by Gasteiger charge is -2.12. The fraction of sp³-hybridized carbons (Fsp3) is 0.200. The van der Waals surface area contributed by atoms with Crippen LogP contribution in [0.25, 0.3) is 11.0 Å². The number of esters is 1. The first kappa shape index (κ1) is 21.8. The molecular weight excluding hydrogens is 432 g/mol. The number of benzene rings is 2. The number of nitrogens with one attached hydrogen (secondary N) is 1. The Morgan fingerprint density at radius 2 is 1.87 bits per heavy atom. The molecule has 0 saturated heterocycles. The van der Waals surface area contributed by atoms with Crippen molar-refractivity contribution in [2.24, 2.45) is 5.14 Å². The highest BCUT2D eigenvalue weighted by Gasteiger charge is 2.21. The summed E-state index contributed by atoms with van der Waals surface area (Å²) in [5, 5.41) is 8.87. The molecule has 1 heterocycles. The Hall–Kier alpha value is -2.88. The van der Waals surface area contributed by atoms with Gasteiger partial charge >= 0.3 is 5.97 Å². The molecule has 0 bridgehead atoms. The molecule has 158 valence electrons. The molecule has 3 rings (SSSR count). The van der Waals surface area contributed by atoms with E-state index in [2.05, 4.69) is 5.32 Å². The monoisotopic (exact) mass is 450 g/mol. The molecule has 0 aliphatic heterocycles. The number of hydrogen-bond acceptors (Lipinski definition) is 6. The van der Waals surface area contributed by atoms with E-state index in [9.17, 15) is 18.0 Å². The molecule has 0 aliphatic carbocycles. The Balaban J connectivity index is 1.50. The van der Waals surface area contributed by atoms with Crippen molar-refractivity contribution in [1.29, 1.82) is 0 Å². The predicted molar refractivity (Wildman–Crippen MR) is 111 cm³/mol. The average Bonchev–Trinajstić information content (AvgIpc) is 3.11. The lowest BCUT2D eigenvalue weighted by atomic mass is 10.1. The molecule has 0 fully saturated rings. The van der Waals surface area contributed by atoms with Gasteiger partial charge in [-0.2, -0.15) is 0 Å². The number of ether oxygens (including phenoxy) is 1. The fourth-order valence-corrected chi connectivity index (χ4v) is 3.40. The van der Waals surface area contributed by atoms with E-state index >= 15 is 0 Å². The second-order valence-electron chi connectivity index (χ2n) is 6.57. The molecule has 3 aromatic rings. The van der Waals surface area contributed by atoms with Crippen LogP contribution in [0.4, 0.5) is 0 Å². The standard InChI is InChI=1S/C20H19ClN2O6S/c1-12(28-20(25)18-11-14-10-15(21)4-7-17(14)29-18)19(24)23-9-8-13-2-5-16(6-3-13)30(22,26)27/h2-7,10-12H,8-9H2,1H3,(H,23,24)(H2,22,26,27). The molecule has 2 aromatic carbocycles. The van der Waals surface area contributed by atoms with Crippen molar-refractivity contribution in [3.8, 4) is 0 Å². The Morgan fingerprint density at radius 1 is 1.17 bits per heavy atom. The summed E-state index contributed by atoms with van der Waals surface area (Å²) in [6, 6.07) is 12.5. The summed E-state index contributed by atoms with van der Waals surface area (Å²) in [5.41, 5.74) is 1.30. The highest BCUT2D eigenvalue weighted by molar-refractivity contribution is 7.89. The first-order chi connectivity index (χ1) is 14.1. The normalized spacial score (nSPS) is 12.5. The number of halogens is 1. The van der Waals surface area contributed by atoms with Crippen LogP contribution in [0.2, 0.25) is 5.02 Å². The summed E-state index contributed by atoms with van der Waals surface area (Å²) >= 11 is 5.91. The van der Waals surface area contributed by atoms with Crippen LogP contribution in [0.3, 0.4) is 0 Å². The van der Waals surface area contributed by atoms with Gasteiger partial charge < -0.3 is 14.5 Å². The van der Waals surface area contributed by atoms with Gasteiger partial charge in [0.05, 0.1) is 4.90 Å². The minimum absolute atomic E-state index is 0.0173. The van der Waals surface area contributed by atoms with Crippen LogP contribution in [-0.4, -0.2) is 32.9 Å². The van der Waals surface area contributed by atoms with E-state index in [4.69, 9.17) is 25.9 Å². The fourth-order valence-electron chi connectivity index (χ4n) is 2.71. The van der Waals surface area contributed by atoms with E-state index in [0.29, 0.717) is 22.4 Å². The molecule has 0 radical (unpaired) electrons. The molecular formula is C20H19ClN2O6S. The van der Waals surface area contributed by atoms with Gasteiger partial charge in [0.25, 0.3) is 5.91 Å². The maximum Gasteiger partial charge on any atom is 0.375 e. The van der Waals surface area contributed by atoms with Crippen molar-refractivity contribution < 1.29 is 27.2 Å². The van der Waals surface area contributed by atoms with Crippen LogP contribution in [0.5, 0.6) is 0 Å². The van der Waals surface area contributed by atoms with Gasteiger partial charge in [-0.25, -0.2) is 18.4 Å². The maximum atomic E-state index is 12.2. The zero-order chi connectivity index (χ0) is 21.9. The summed E-state index contributed by atoms with van der Waals surface area (Å²) in [7, 11) is -3.74. The largest absolute Gasteiger partial charge is 0.449 e. The highest BCUT2D eigenvalue weighted by atomic mass is 35.5. The second-order valence-corrected chi connectivity index (χ2v) is 8.57. The Bertz CT molecular complexity index is 1190. The number of carbonyl (C=O) groups excluding carboxylic acids is 2. The maximum absolute atomic E-state index is 12.2. The lowest BCUT2D eigenvalue weighted by molar-refractivity contribution is -0.129. The van der Waals surface area contributed by atoms with Crippen LogP contribution >= 0.6 is 11.6 Å². The SMILES string of the molecule is CC(OC(=O)c1cc2cc(Cl)ccc2o1)C(=O)NCCc1ccc(S(N)(=O)=O)cc1. The number of carbonyl (C=O) groups is 2. The van der Waals surface area contributed by atoms with Crippen molar-refractivity contribution in [2.45, 2.75) is 24.3 Å². The predicted octanol–water partition coefficient (Wildman–Crippen LogP) is 2.64. The van der Waals surface area contributed by atoms with E-state index in [1.54, 1.807) is 30.3 Å². The van der Waals surface area contributed by atoms with Crippen molar-refractivity contribution in [3.63, 3.8) is 0 Å². The van der Waals surface area contributed by atoms with Crippen molar-refractivity contribution >= 4 is 44.5 Å². The molecule has 30 heavy (non-hydrogen) atoms. The van der Waals surface area contributed by atoms with Crippen molar-refractivity contribution in [1.82, 2.24) is 5.32 Å². The smallest absolute Gasteiger partial charge is 0.375 e. The van der Waals surface area contributed by atoms with Gasteiger partial charge in [0.15, 0.2) is 6.10 Å². The van der Waals surface area contributed by atoms with E-state index in [1.165, 1.54) is 25.1 Å². The molecule has 1 atom stereocenters. The Labute approximate surface area is 178 Å². The molecule has 1 amide bonds. The van der Waals surface area contributed by atoms with Crippen LogP contribution in [-0.2, 0) is 26.0 Å². The topological polar surface area (TPSA) is 129 Å². The summed E-state index contributed by atoms with van der Waals surface area (Å²) in [6.45, 7) is 1.73. The molecule has 0 aliphatic rings. The summed E-state index contributed by atoms with van der Waals surface area (Å²) in [5.74, 6) is -1.26. The zero-order valence-corrected chi connectivity index (χ0v) is 17.5. The Morgan fingerprint density at radius 3 is 2.53 bits per heavy atom. The van der Waals surface area contributed by atoms with Gasteiger partial charge in [-0.05, 0) is 55.3 Å². The zero-order valence-electron chi connectivity index (χ0n) is 15.9. The Kier molecular flexibility index (Phi) is 6.45. The van der Waals surface area contributed by atoms with Gasteiger partial charge in [0.1, 0.15) is 5.58 Å². The highest BCUT2D eigenvalue weighted by Crippen LogP contribution is 2.23. The van der Waals surface area contributed by atoms with Gasteiger partial charge in [0.2, 0.25) is 15.8 Å². The third-order valence-electron chi connectivity index (χ3n) is 4.30. The second kappa shape index (κ2) is 8.86. The molecule has 1 aromatic heterocycles. The number of rotatable bonds is 7. The molecule has 0 spiro atoms. The molecule has 1 unspecified atom stereocenters. The van der Waals surface area contributed by atoms with Gasteiger partial charge in [-0.15, -0.1) is 0 Å². The van der Waals surface area contributed by atoms with E-state index in [-0.39, 0.29) is 17.2 Å². The van der Waals surface area contributed by atoms with Crippen molar-refractivity contribution in [3.05, 3.63) is 64.9 Å². The molecule has 3 N–H and O–H groups in total. The van der Waals surface area contributed by atoms with Gasteiger partial charge in [-0.1, -0.05) is 23.7 Å². The third-order valence-corrected chi connectivity index (χ3v) is 5.46.